The second kappa shape index (κ2) is 7.80. The topological polar surface area (TPSA) is 86.7 Å². The monoisotopic (exact) mass is 366 g/mol. The molecule has 6 nitrogen and oxygen atoms in total. The van der Waals surface area contributed by atoms with Gasteiger partial charge >= 0.3 is 18.3 Å². The second-order valence-electron chi connectivity index (χ2n) is 4.44. The van der Waals surface area contributed by atoms with Gasteiger partial charge in [-0.1, -0.05) is 60.7 Å². The van der Waals surface area contributed by atoms with Crippen molar-refractivity contribution in [1.82, 2.24) is 0 Å². The van der Waals surface area contributed by atoms with E-state index in [1.54, 1.807) is 60.7 Å². The normalized spacial score (nSPS) is 12.5. The van der Waals surface area contributed by atoms with Crippen molar-refractivity contribution in [1.29, 1.82) is 0 Å². The molecule has 126 valence electrons. The molecule has 0 aliphatic carbocycles. The van der Waals surface area contributed by atoms with E-state index >= 15 is 0 Å². The lowest BCUT2D eigenvalue weighted by molar-refractivity contribution is 0.424. The molecule has 0 spiro atoms. The zero-order chi connectivity index (χ0) is 17.5. The van der Waals surface area contributed by atoms with Crippen LogP contribution in [0.1, 0.15) is 11.1 Å². The molecule has 0 saturated carbocycles. The van der Waals surface area contributed by atoms with Crippen molar-refractivity contribution in [3.63, 3.8) is 0 Å². The SMILES string of the molecule is O=S(=O)(OC=Cc1ccccc1)S(=O)(=O)OC=Cc1ccccc1. The maximum atomic E-state index is 11.7. The molecule has 0 aliphatic heterocycles. The minimum atomic E-state index is -4.97. The average Bonchev–Trinajstić information content (AvgIpc) is 2.56. The first-order chi connectivity index (χ1) is 11.4. The summed E-state index contributed by atoms with van der Waals surface area (Å²) in [6.07, 6.45) is 4.17. The van der Waals surface area contributed by atoms with Crippen LogP contribution in [0.4, 0.5) is 0 Å². The van der Waals surface area contributed by atoms with Crippen molar-refractivity contribution >= 4 is 30.5 Å². The number of benzene rings is 2. The summed E-state index contributed by atoms with van der Waals surface area (Å²) in [5, 5.41) is 0. The Morgan fingerprint density at radius 1 is 0.583 bits per heavy atom. The van der Waals surface area contributed by atoms with E-state index < -0.39 is 18.3 Å². The van der Waals surface area contributed by atoms with Gasteiger partial charge in [0.25, 0.3) is 0 Å². The molecular formula is C16H14O6S2. The Morgan fingerprint density at radius 2 is 0.917 bits per heavy atom. The molecule has 0 bridgehead atoms. The van der Waals surface area contributed by atoms with Crippen molar-refractivity contribution in [2.75, 3.05) is 0 Å². The number of hydrogen-bond acceptors (Lipinski definition) is 6. The number of hydrogen-bond donors (Lipinski definition) is 0. The van der Waals surface area contributed by atoms with Crippen LogP contribution in [0.3, 0.4) is 0 Å². The first kappa shape index (κ1) is 17.8. The molecule has 24 heavy (non-hydrogen) atoms. The molecule has 0 amide bonds. The third-order valence-electron chi connectivity index (χ3n) is 2.72. The van der Waals surface area contributed by atoms with Crippen LogP contribution in [0.5, 0.6) is 0 Å². The van der Waals surface area contributed by atoms with Crippen molar-refractivity contribution in [2.45, 2.75) is 0 Å². The lowest BCUT2D eigenvalue weighted by Crippen LogP contribution is -2.17. The molecule has 0 atom stereocenters. The highest BCUT2D eigenvalue weighted by Crippen LogP contribution is 2.12. The molecule has 0 aromatic heterocycles. The van der Waals surface area contributed by atoms with Gasteiger partial charge in [0.2, 0.25) is 0 Å². The molecule has 0 heterocycles. The standard InChI is InChI=1S/C16H14O6S2/c17-23(18,21-13-11-15-7-3-1-4-8-15)24(19,20)22-14-12-16-9-5-2-6-10-16/h1-14H. The number of rotatable bonds is 7. The van der Waals surface area contributed by atoms with E-state index in [0.717, 1.165) is 12.5 Å². The van der Waals surface area contributed by atoms with E-state index in [-0.39, 0.29) is 0 Å². The highest BCUT2D eigenvalue weighted by Gasteiger charge is 2.32. The van der Waals surface area contributed by atoms with Crippen LogP contribution in [0.15, 0.2) is 73.2 Å². The summed E-state index contributed by atoms with van der Waals surface area (Å²) >= 11 is 0. The average molecular weight is 366 g/mol. The van der Waals surface area contributed by atoms with Gasteiger partial charge in [0.1, 0.15) is 12.5 Å². The summed E-state index contributed by atoms with van der Waals surface area (Å²) in [5.74, 6) is 0. The Hall–Kier alpha value is -2.58. The van der Waals surface area contributed by atoms with Crippen molar-refractivity contribution < 1.29 is 25.2 Å². The summed E-state index contributed by atoms with van der Waals surface area (Å²) in [6, 6.07) is 17.3. The molecule has 0 N–H and O–H groups in total. The summed E-state index contributed by atoms with van der Waals surface area (Å²) in [5.41, 5.74) is 1.30. The molecule has 2 aromatic rings. The Labute approximate surface area is 140 Å². The predicted molar refractivity (Wildman–Crippen MR) is 91.0 cm³/mol. The molecular weight excluding hydrogens is 352 g/mol. The first-order valence-corrected chi connectivity index (χ1v) is 10.0. The summed E-state index contributed by atoms with van der Waals surface area (Å²) < 4.78 is 55.3. The van der Waals surface area contributed by atoms with Gasteiger partial charge in [-0.3, -0.25) is 0 Å². The lowest BCUT2D eigenvalue weighted by atomic mass is 10.2. The van der Waals surface area contributed by atoms with Crippen LogP contribution in [0.25, 0.3) is 12.2 Å². The smallest absolute Gasteiger partial charge is 0.377 e. The van der Waals surface area contributed by atoms with E-state index in [0.29, 0.717) is 11.1 Å². The van der Waals surface area contributed by atoms with Gasteiger partial charge in [-0.15, -0.1) is 0 Å². The lowest BCUT2D eigenvalue weighted by Gasteiger charge is -2.03. The van der Waals surface area contributed by atoms with Gasteiger partial charge in [-0.2, -0.15) is 16.8 Å². The molecule has 2 rings (SSSR count). The fourth-order valence-electron chi connectivity index (χ4n) is 1.57. The van der Waals surface area contributed by atoms with Crippen LogP contribution in [0.2, 0.25) is 0 Å². The van der Waals surface area contributed by atoms with Gasteiger partial charge in [0.05, 0.1) is 0 Å². The van der Waals surface area contributed by atoms with Gasteiger partial charge < -0.3 is 8.37 Å². The van der Waals surface area contributed by atoms with Crippen LogP contribution >= 0.6 is 0 Å². The van der Waals surface area contributed by atoms with E-state index in [4.69, 9.17) is 0 Å². The zero-order valence-electron chi connectivity index (χ0n) is 12.3. The molecule has 0 aliphatic rings. The molecule has 2 aromatic carbocycles. The van der Waals surface area contributed by atoms with E-state index in [9.17, 15) is 16.8 Å². The van der Waals surface area contributed by atoms with E-state index in [1.165, 1.54) is 12.2 Å². The summed E-state index contributed by atoms with van der Waals surface area (Å²) in [7, 11) is -9.94. The maximum Gasteiger partial charge on any atom is 0.454 e. The fourth-order valence-corrected chi connectivity index (χ4v) is 3.00. The Morgan fingerprint density at radius 3 is 1.25 bits per heavy atom. The summed E-state index contributed by atoms with van der Waals surface area (Å²) in [4.78, 5) is 0. The minimum absolute atomic E-state index is 0.648. The van der Waals surface area contributed by atoms with Gasteiger partial charge in [-0.25, -0.2) is 0 Å². The van der Waals surface area contributed by atoms with Gasteiger partial charge in [0, 0.05) is 0 Å². The highest BCUT2D eigenvalue weighted by molar-refractivity contribution is 8.63. The van der Waals surface area contributed by atoms with E-state index in [2.05, 4.69) is 8.37 Å². The van der Waals surface area contributed by atoms with Crippen LogP contribution in [0, 0.1) is 0 Å². The van der Waals surface area contributed by atoms with Crippen molar-refractivity contribution in [3.8, 4) is 0 Å². The van der Waals surface area contributed by atoms with Crippen LogP contribution in [-0.4, -0.2) is 16.8 Å². The molecule has 0 radical (unpaired) electrons. The van der Waals surface area contributed by atoms with Gasteiger partial charge in [0.15, 0.2) is 0 Å². The van der Waals surface area contributed by atoms with Gasteiger partial charge in [-0.05, 0) is 23.3 Å². The van der Waals surface area contributed by atoms with Crippen molar-refractivity contribution in [2.24, 2.45) is 0 Å². The Balaban J connectivity index is 2.01. The largest absolute Gasteiger partial charge is 0.454 e. The summed E-state index contributed by atoms with van der Waals surface area (Å²) in [6.45, 7) is 0. The zero-order valence-corrected chi connectivity index (χ0v) is 14.0. The Kier molecular flexibility index (Phi) is 5.78. The second-order valence-corrected chi connectivity index (χ2v) is 8.90. The molecule has 0 unspecified atom stereocenters. The fraction of sp³-hybridized carbons (Fsp3) is 0. The molecule has 0 saturated heterocycles. The quantitative estimate of drug-likeness (QED) is 0.553. The minimum Gasteiger partial charge on any atom is -0.377 e. The highest BCUT2D eigenvalue weighted by atomic mass is 33.2. The van der Waals surface area contributed by atoms with Crippen LogP contribution < -0.4 is 0 Å². The maximum absolute atomic E-state index is 11.7. The predicted octanol–water partition coefficient (Wildman–Crippen LogP) is 2.94. The Bertz CT molecular complexity index is 836. The first-order valence-electron chi connectivity index (χ1n) is 6.70. The van der Waals surface area contributed by atoms with Crippen molar-refractivity contribution in [3.05, 3.63) is 84.3 Å². The third kappa shape index (κ3) is 4.97. The molecule has 0 fully saturated rings. The molecule has 8 heteroatoms. The van der Waals surface area contributed by atoms with Crippen LogP contribution in [-0.2, 0) is 26.7 Å². The van der Waals surface area contributed by atoms with E-state index in [1.807, 2.05) is 0 Å². The third-order valence-corrected chi connectivity index (χ3v) is 5.88.